The first-order valence-electron chi connectivity index (χ1n) is 7.42. The lowest BCUT2D eigenvalue weighted by Crippen LogP contribution is -2.51. The Balaban J connectivity index is 1.97. The van der Waals surface area contributed by atoms with Crippen molar-refractivity contribution < 1.29 is 14.7 Å². The summed E-state index contributed by atoms with van der Waals surface area (Å²) in [7, 11) is 4.03. The lowest BCUT2D eigenvalue weighted by molar-refractivity contribution is -0.143. The smallest absolute Gasteiger partial charge is 0.320 e. The predicted molar refractivity (Wildman–Crippen MR) is 75.6 cm³/mol. The molecule has 0 bridgehead atoms. The summed E-state index contributed by atoms with van der Waals surface area (Å²) in [4.78, 5) is 29.5. The molecule has 2 fully saturated rings. The van der Waals surface area contributed by atoms with Crippen molar-refractivity contribution in [2.45, 2.75) is 31.7 Å². The monoisotopic (exact) mass is 283 g/mol. The van der Waals surface area contributed by atoms with Crippen molar-refractivity contribution in [3.8, 4) is 0 Å². The van der Waals surface area contributed by atoms with Crippen LogP contribution in [0.4, 0.5) is 4.79 Å². The van der Waals surface area contributed by atoms with Gasteiger partial charge in [-0.1, -0.05) is 0 Å². The summed E-state index contributed by atoms with van der Waals surface area (Å²) in [5.41, 5.74) is 0. The van der Waals surface area contributed by atoms with Gasteiger partial charge in [0.1, 0.15) is 0 Å². The molecular formula is C14H25N3O3. The zero-order valence-electron chi connectivity index (χ0n) is 12.4. The molecule has 6 nitrogen and oxygen atoms in total. The number of amides is 2. The highest BCUT2D eigenvalue weighted by Gasteiger charge is 2.35. The van der Waals surface area contributed by atoms with E-state index in [1.165, 1.54) is 0 Å². The maximum atomic E-state index is 12.6. The van der Waals surface area contributed by atoms with Gasteiger partial charge in [0.2, 0.25) is 0 Å². The maximum Gasteiger partial charge on any atom is 0.320 e. The summed E-state index contributed by atoms with van der Waals surface area (Å²) in [6.07, 6.45) is 3.55. The molecule has 2 aliphatic rings. The van der Waals surface area contributed by atoms with Crippen LogP contribution in [-0.2, 0) is 4.79 Å². The van der Waals surface area contributed by atoms with Crippen LogP contribution in [0.5, 0.6) is 0 Å². The molecule has 1 N–H and O–H groups in total. The Hall–Kier alpha value is -1.30. The van der Waals surface area contributed by atoms with E-state index >= 15 is 0 Å². The molecule has 114 valence electrons. The van der Waals surface area contributed by atoms with Gasteiger partial charge in [-0.25, -0.2) is 4.79 Å². The molecule has 0 aromatic carbocycles. The second-order valence-electron chi connectivity index (χ2n) is 6.16. The third kappa shape index (κ3) is 3.42. The number of carbonyl (C=O) groups excluding carboxylic acids is 1. The maximum absolute atomic E-state index is 12.6. The Labute approximate surface area is 120 Å². The normalized spacial score (nSPS) is 27.1. The van der Waals surface area contributed by atoms with Crippen LogP contribution in [0.1, 0.15) is 25.7 Å². The SMILES string of the molecule is CN(C)CC1CCCN1C(=O)N1CCCC(C(=O)O)C1. The van der Waals surface area contributed by atoms with Gasteiger partial charge in [0, 0.05) is 32.2 Å². The first-order valence-corrected chi connectivity index (χ1v) is 7.42. The number of hydrogen-bond acceptors (Lipinski definition) is 3. The van der Waals surface area contributed by atoms with Crippen molar-refractivity contribution in [3.05, 3.63) is 0 Å². The number of nitrogens with zero attached hydrogens (tertiary/aromatic N) is 3. The fourth-order valence-corrected chi connectivity index (χ4v) is 3.23. The van der Waals surface area contributed by atoms with Crippen molar-refractivity contribution in [1.29, 1.82) is 0 Å². The Morgan fingerprint density at radius 3 is 2.55 bits per heavy atom. The van der Waals surface area contributed by atoms with Crippen LogP contribution in [0.3, 0.4) is 0 Å². The minimum atomic E-state index is -0.784. The summed E-state index contributed by atoms with van der Waals surface area (Å²) in [6.45, 7) is 2.72. The molecule has 2 heterocycles. The van der Waals surface area contributed by atoms with Gasteiger partial charge in [-0.15, -0.1) is 0 Å². The van der Waals surface area contributed by atoms with E-state index < -0.39 is 11.9 Å². The molecule has 2 rings (SSSR count). The Kier molecular flexibility index (Phi) is 4.86. The number of aliphatic carboxylic acids is 1. The minimum Gasteiger partial charge on any atom is -0.481 e. The summed E-state index contributed by atoms with van der Waals surface area (Å²) < 4.78 is 0. The summed E-state index contributed by atoms with van der Waals surface area (Å²) in [5.74, 6) is -1.18. The van der Waals surface area contributed by atoms with E-state index in [0.29, 0.717) is 19.5 Å². The fraction of sp³-hybridized carbons (Fsp3) is 0.857. The van der Waals surface area contributed by atoms with E-state index in [1.807, 2.05) is 19.0 Å². The zero-order valence-corrected chi connectivity index (χ0v) is 12.4. The molecule has 20 heavy (non-hydrogen) atoms. The van der Waals surface area contributed by atoms with Crippen LogP contribution in [0, 0.1) is 5.92 Å². The van der Waals surface area contributed by atoms with Gasteiger partial charge >= 0.3 is 12.0 Å². The van der Waals surface area contributed by atoms with E-state index in [4.69, 9.17) is 5.11 Å². The van der Waals surface area contributed by atoms with Gasteiger partial charge in [0.25, 0.3) is 0 Å². The molecule has 6 heteroatoms. The zero-order chi connectivity index (χ0) is 14.7. The van der Waals surface area contributed by atoms with Gasteiger partial charge < -0.3 is 19.8 Å². The molecule has 2 saturated heterocycles. The van der Waals surface area contributed by atoms with Gasteiger partial charge in [-0.3, -0.25) is 4.79 Å². The van der Waals surface area contributed by atoms with Crippen molar-refractivity contribution in [2.24, 2.45) is 5.92 Å². The molecular weight excluding hydrogens is 258 g/mol. The van der Waals surface area contributed by atoms with Crippen LogP contribution < -0.4 is 0 Å². The fourth-order valence-electron chi connectivity index (χ4n) is 3.23. The second kappa shape index (κ2) is 6.43. The molecule has 0 aromatic heterocycles. The van der Waals surface area contributed by atoms with Crippen molar-refractivity contribution in [3.63, 3.8) is 0 Å². The topological polar surface area (TPSA) is 64.1 Å². The Morgan fingerprint density at radius 2 is 1.90 bits per heavy atom. The first-order chi connectivity index (χ1) is 9.49. The number of urea groups is 1. The van der Waals surface area contributed by atoms with Crippen molar-refractivity contribution >= 4 is 12.0 Å². The molecule has 0 aromatic rings. The summed E-state index contributed by atoms with van der Waals surface area (Å²) in [6, 6.07) is 0.294. The van der Waals surface area contributed by atoms with Crippen LogP contribution in [0.25, 0.3) is 0 Å². The van der Waals surface area contributed by atoms with E-state index in [9.17, 15) is 9.59 Å². The third-order valence-electron chi connectivity index (χ3n) is 4.24. The standard InChI is InChI=1S/C14H25N3O3/c1-15(2)10-12-6-4-8-17(12)14(20)16-7-3-5-11(9-16)13(18)19/h11-12H,3-10H2,1-2H3,(H,18,19). The van der Waals surface area contributed by atoms with E-state index in [-0.39, 0.29) is 12.1 Å². The Morgan fingerprint density at radius 1 is 1.20 bits per heavy atom. The van der Waals surface area contributed by atoms with Gasteiger partial charge in [0.05, 0.1) is 5.92 Å². The Bertz CT molecular complexity index is 373. The predicted octanol–water partition coefficient (Wildman–Crippen LogP) is 0.929. The minimum absolute atomic E-state index is 0.0281. The first kappa shape index (κ1) is 15.1. The van der Waals surface area contributed by atoms with E-state index in [1.54, 1.807) is 4.90 Å². The van der Waals surface area contributed by atoms with Crippen LogP contribution >= 0.6 is 0 Å². The number of hydrogen-bond donors (Lipinski definition) is 1. The largest absolute Gasteiger partial charge is 0.481 e. The van der Waals surface area contributed by atoms with Gasteiger partial charge in [0.15, 0.2) is 0 Å². The average Bonchev–Trinajstić information content (AvgIpc) is 2.85. The number of piperidine rings is 1. The molecule has 2 aliphatic heterocycles. The molecule has 2 amide bonds. The van der Waals surface area contributed by atoms with Crippen LogP contribution in [-0.4, -0.2) is 78.1 Å². The highest BCUT2D eigenvalue weighted by molar-refractivity contribution is 5.77. The quantitative estimate of drug-likeness (QED) is 0.837. The van der Waals surface area contributed by atoms with E-state index in [0.717, 1.165) is 32.4 Å². The summed E-state index contributed by atoms with van der Waals surface area (Å²) >= 11 is 0. The van der Waals surface area contributed by atoms with Crippen molar-refractivity contribution in [2.75, 3.05) is 40.3 Å². The second-order valence-corrected chi connectivity index (χ2v) is 6.16. The van der Waals surface area contributed by atoms with Gasteiger partial charge in [-0.2, -0.15) is 0 Å². The number of carboxylic acids is 1. The number of carboxylic acid groups (broad SMARTS) is 1. The molecule has 2 atom stereocenters. The van der Waals surface area contributed by atoms with Crippen molar-refractivity contribution in [1.82, 2.24) is 14.7 Å². The third-order valence-corrected chi connectivity index (χ3v) is 4.24. The molecule has 0 radical (unpaired) electrons. The summed E-state index contributed by atoms with van der Waals surface area (Å²) in [5, 5.41) is 9.12. The highest BCUT2D eigenvalue weighted by atomic mass is 16.4. The molecule has 0 spiro atoms. The highest BCUT2D eigenvalue weighted by Crippen LogP contribution is 2.23. The number of likely N-dealkylation sites (tertiary alicyclic amines) is 2. The number of likely N-dealkylation sites (N-methyl/N-ethyl adjacent to an activating group) is 1. The molecule has 0 saturated carbocycles. The number of carbonyl (C=O) groups is 2. The van der Waals surface area contributed by atoms with E-state index in [2.05, 4.69) is 4.90 Å². The molecule has 0 aliphatic carbocycles. The van der Waals surface area contributed by atoms with Gasteiger partial charge in [-0.05, 0) is 39.8 Å². The van der Waals surface area contributed by atoms with Crippen LogP contribution in [0.2, 0.25) is 0 Å². The average molecular weight is 283 g/mol. The molecule has 2 unspecified atom stereocenters. The van der Waals surface area contributed by atoms with Crippen LogP contribution in [0.15, 0.2) is 0 Å². The lowest BCUT2D eigenvalue weighted by atomic mass is 9.98. The number of rotatable bonds is 3. The lowest BCUT2D eigenvalue weighted by Gasteiger charge is -2.36.